The number of amides is 1. The van der Waals surface area contributed by atoms with Crippen molar-refractivity contribution in [2.75, 3.05) is 0 Å². The van der Waals surface area contributed by atoms with Crippen LogP contribution in [0.15, 0.2) is 66.7 Å². The summed E-state index contributed by atoms with van der Waals surface area (Å²) in [5, 5.41) is 3.97. The first-order valence-electron chi connectivity index (χ1n) is 9.84. The van der Waals surface area contributed by atoms with E-state index in [1.165, 1.54) is 6.07 Å². The molecular formula is C24H20Cl2FN3O. The van der Waals surface area contributed by atoms with Crippen LogP contribution in [0.4, 0.5) is 4.39 Å². The van der Waals surface area contributed by atoms with Crippen LogP contribution in [-0.2, 0) is 17.8 Å². The minimum Gasteiger partial charge on any atom is -0.346 e. The zero-order valence-corrected chi connectivity index (χ0v) is 18.3. The van der Waals surface area contributed by atoms with Gasteiger partial charge in [-0.1, -0.05) is 53.5 Å². The van der Waals surface area contributed by atoms with E-state index >= 15 is 0 Å². The molecule has 0 saturated heterocycles. The summed E-state index contributed by atoms with van der Waals surface area (Å²) < 4.78 is 16.4. The number of rotatable bonds is 6. The Balaban J connectivity index is 1.62. The Morgan fingerprint density at radius 2 is 1.81 bits per heavy atom. The molecule has 1 aromatic heterocycles. The van der Waals surface area contributed by atoms with E-state index in [0.29, 0.717) is 21.4 Å². The molecule has 1 unspecified atom stereocenters. The Morgan fingerprint density at radius 3 is 2.55 bits per heavy atom. The van der Waals surface area contributed by atoms with Gasteiger partial charge in [0.2, 0.25) is 5.91 Å². The van der Waals surface area contributed by atoms with E-state index in [1.807, 2.05) is 47.9 Å². The van der Waals surface area contributed by atoms with Gasteiger partial charge >= 0.3 is 0 Å². The van der Waals surface area contributed by atoms with E-state index in [1.54, 1.807) is 24.3 Å². The Bertz CT molecular complexity index is 1220. The van der Waals surface area contributed by atoms with Crippen LogP contribution >= 0.6 is 23.2 Å². The molecule has 0 aliphatic heterocycles. The number of aromatic nitrogens is 2. The summed E-state index contributed by atoms with van der Waals surface area (Å²) in [6.45, 7) is 2.07. The lowest BCUT2D eigenvalue weighted by molar-refractivity contribution is -0.121. The number of benzene rings is 3. The number of nitrogens with one attached hydrogen (secondary N) is 1. The van der Waals surface area contributed by atoms with E-state index in [-0.39, 0.29) is 24.7 Å². The van der Waals surface area contributed by atoms with E-state index < -0.39 is 6.04 Å². The van der Waals surface area contributed by atoms with E-state index in [0.717, 1.165) is 16.6 Å². The van der Waals surface area contributed by atoms with Gasteiger partial charge in [0.1, 0.15) is 11.6 Å². The first kappa shape index (κ1) is 21.3. The molecule has 0 radical (unpaired) electrons. The zero-order chi connectivity index (χ0) is 22.0. The molecule has 7 heteroatoms. The molecule has 0 fully saturated rings. The van der Waals surface area contributed by atoms with Gasteiger partial charge in [0, 0.05) is 15.6 Å². The van der Waals surface area contributed by atoms with Crippen molar-refractivity contribution in [2.45, 2.75) is 25.9 Å². The smallest absolute Gasteiger partial charge is 0.224 e. The van der Waals surface area contributed by atoms with Crippen LogP contribution in [0.1, 0.15) is 29.9 Å². The van der Waals surface area contributed by atoms with Gasteiger partial charge in [-0.15, -0.1) is 0 Å². The quantitative estimate of drug-likeness (QED) is 0.390. The van der Waals surface area contributed by atoms with Crippen LogP contribution in [0.2, 0.25) is 10.0 Å². The monoisotopic (exact) mass is 455 g/mol. The van der Waals surface area contributed by atoms with Crippen molar-refractivity contribution in [3.05, 3.63) is 99.5 Å². The Morgan fingerprint density at radius 1 is 1.06 bits per heavy atom. The SMILES string of the molecule is CC(NC(=O)Cc1ccc(Cl)cc1)c1nc2ccccc2n1Cc1c(F)cccc1Cl. The van der Waals surface area contributed by atoms with Gasteiger partial charge in [0.15, 0.2) is 0 Å². The summed E-state index contributed by atoms with van der Waals surface area (Å²) in [5.41, 5.74) is 2.85. The highest BCUT2D eigenvalue weighted by Gasteiger charge is 2.20. The second-order valence-corrected chi connectivity index (χ2v) is 8.18. The summed E-state index contributed by atoms with van der Waals surface area (Å²) >= 11 is 12.2. The van der Waals surface area contributed by atoms with Crippen molar-refractivity contribution in [1.29, 1.82) is 0 Å². The molecule has 0 aliphatic carbocycles. The fourth-order valence-corrected chi connectivity index (χ4v) is 3.93. The van der Waals surface area contributed by atoms with Crippen LogP contribution in [0.25, 0.3) is 11.0 Å². The number of nitrogens with zero attached hydrogens (tertiary/aromatic N) is 2. The lowest BCUT2D eigenvalue weighted by Gasteiger charge is -2.17. The van der Waals surface area contributed by atoms with Crippen molar-refractivity contribution in [3.63, 3.8) is 0 Å². The van der Waals surface area contributed by atoms with Crippen LogP contribution in [-0.4, -0.2) is 15.5 Å². The van der Waals surface area contributed by atoms with Gasteiger partial charge in [-0.25, -0.2) is 9.37 Å². The molecule has 4 rings (SSSR count). The topological polar surface area (TPSA) is 46.9 Å². The van der Waals surface area contributed by atoms with Gasteiger partial charge in [-0.05, 0) is 48.9 Å². The number of para-hydroxylation sites is 2. The van der Waals surface area contributed by atoms with Crippen molar-refractivity contribution in [2.24, 2.45) is 0 Å². The molecule has 1 amide bonds. The average Bonchev–Trinajstić information content (AvgIpc) is 3.11. The minimum absolute atomic E-state index is 0.141. The number of carbonyl (C=O) groups is 1. The average molecular weight is 456 g/mol. The Kier molecular flexibility index (Phi) is 6.25. The number of halogens is 3. The summed E-state index contributed by atoms with van der Waals surface area (Å²) in [6, 6.07) is 19.0. The molecule has 1 atom stereocenters. The van der Waals surface area contributed by atoms with Gasteiger partial charge in [0.05, 0.1) is 30.0 Å². The number of carbonyl (C=O) groups excluding carboxylic acids is 1. The van der Waals surface area contributed by atoms with Gasteiger partial charge in [-0.3, -0.25) is 4.79 Å². The number of hydrogen-bond acceptors (Lipinski definition) is 2. The maximum absolute atomic E-state index is 14.5. The molecule has 4 aromatic rings. The van der Waals surface area contributed by atoms with Gasteiger partial charge in [-0.2, -0.15) is 0 Å². The van der Waals surface area contributed by atoms with Gasteiger partial charge in [0.25, 0.3) is 0 Å². The molecular weight excluding hydrogens is 436 g/mol. The third-order valence-corrected chi connectivity index (χ3v) is 5.71. The van der Waals surface area contributed by atoms with Crippen LogP contribution < -0.4 is 5.32 Å². The number of imidazole rings is 1. The van der Waals surface area contributed by atoms with Crippen molar-refractivity contribution in [1.82, 2.24) is 14.9 Å². The highest BCUT2D eigenvalue weighted by molar-refractivity contribution is 6.31. The fraction of sp³-hybridized carbons (Fsp3) is 0.167. The molecule has 1 heterocycles. The third kappa shape index (κ3) is 4.73. The molecule has 0 bridgehead atoms. The lowest BCUT2D eigenvalue weighted by Crippen LogP contribution is -2.30. The maximum Gasteiger partial charge on any atom is 0.224 e. The largest absolute Gasteiger partial charge is 0.346 e. The Labute approximate surface area is 189 Å². The predicted octanol–water partition coefficient (Wildman–Crippen LogP) is 5.95. The number of hydrogen-bond donors (Lipinski definition) is 1. The van der Waals surface area contributed by atoms with Crippen LogP contribution in [0.3, 0.4) is 0 Å². The lowest BCUT2D eigenvalue weighted by atomic mass is 10.1. The summed E-state index contributed by atoms with van der Waals surface area (Å²) in [7, 11) is 0. The Hall–Kier alpha value is -2.89. The van der Waals surface area contributed by atoms with Crippen LogP contribution in [0.5, 0.6) is 0 Å². The summed E-state index contributed by atoms with van der Waals surface area (Å²) in [5.74, 6) is 0.109. The summed E-state index contributed by atoms with van der Waals surface area (Å²) in [6.07, 6.45) is 0.223. The maximum atomic E-state index is 14.5. The van der Waals surface area contributed by atoms with Crippen molar-refractivity contribution < 1.29 is 9.18 Å². The molecule has 3 aromatic carbocycles. The normalized spacial score (nSPS) is 12.1. The highest BCUT2D eigenvalue weighted by Crippen LogP contribution is 2.26. The van der Waals surface area contributed by atoms with E-state index in [9.17, 15) is 9.18 Å². The molecule has 0 spiro atoms. The first-order chi connectivity index (χ1) is 14.9. The van der Waals surface area contributed by atoms with E-state index in [2.05, 4.69) is 5.32 Å². The second-order valence-electron chi connectivity index (χ2n) is 7.34. The van der Waals surface area contributed by atoms with Gasteiger partial charge < -0.3 is 9.88 Å². The molecule has 1 N–H and O–H groups in total. The highest BCUT2D eigenvalue weighted by atomic mass is 35.5. The minimum atomic E-state index is -0.391. The molecule has 31 heavy (non-hydrogen) atoms. The zero-order valence-electron chi connectivity index (χ0n) is 16.8. The molecule has 0 saturated carbocycles. The summed E-state index contributed by atoms with van der Waals surface area (Å²) in [4.78, 5) is 17.3. The van der Waals surface area contributed by atoms with Crippen LogP contribution in [0, 0.1) is 5.82 Å². The van der Waals surface area contributed by atoms with Crippen molar-refractivity contribution >= 4 is 40.1 Å². The predicted molar refractivity (Wildman–Crippen MR) is 122 cm³/mol. The second kappa shape index (κ2) is 9.08. The number of fused-ring (bicyclic) bond motifs is 1. The molecule has 0 aliphatic rings. The first-order valence-corrected chi connectivity index (χ1v) is 10.6. The van der Waals surface area contributed by atoms with Crippen molar-refractivity contribution in [3.8, 4) is 0 Å². The van der Waals surface area contributed by atoms with E-state index in [4.69, 9.17) is 28.2 Å². The standard InChI is InChI=1S/C24H20Cl2FN3O/c1-15(28-23(31)13-16-9-11-17(25)12-10-16)24-29-21-7-2-3-8-22(21)30(24)14-18-19(26)5-4-6-20(18)27/h2-12,15H,13-14H2,1H3,(H,28,31). The molecule has 4 nitrogen and oxygen atoms in total. The fourth-order valence-electron chi connectivity index (χ4n) is 3.58. The molecule has 158 valence electrons. The third-order valence-electron chi connectivity index (χ3n) is 5.10.